The van der Waals surface area contributed by atoms with Gasteiger partial charge in [-0.15, -0.1) is 0 Å². The first kappa shape index (κ1) is 12.2. The highest BCUT2D eigenvalue weighted by Crippen LogP contribution is 2.51. The van der Waals surface area contributed by atoms with Gasteiger partial charge in [-0.3, -0.25) is 4.79 Å². The Hall–Kier alpha value is -0.870. The molecule has 1 aliphatic heterocycles. The average Bonchev–Trinajstić information content (AvgIpc) is 3.00. The lowest BCUT2D eigenvalue weighted by Gasteiger charge is -2.30. The summed E-state index contributed by atoms with van der Waals surface area (Å²) in [6.45, 7) is 4.41. The number of carbonyl (C=O) groups is 1. The van der Waals surface area contributed by atoms with Gasteiger partial charge in [0.25, 0.3) is 0 Å². The fourth-order valence-corrected chi connectivity index (χ4v) is 3.74. The number of allylic oxidation sites excluding steroid dienone is 2. The fourth-order valence-electron chi connectivity index (χ4n) is 3.74. The van der Waals surface area contributed by atoms with Gasteiger partial charge in [0.2, 0.25) is 0 Å². The van der Waals surface area contributed by atoms with Crippen LogP contribution in [0.2, 0.25) is 0 Å². The van der Waals surface area contributed by atoms with Crippen LogP contribution < -0.4 is 0 Å². The molecule has 2 aliphatic carbocycles. The van der Waals surface area contributed by atoms with Gasteiger partial charge >= 0.3 is 5.97 Å². The number of methoxy groups -OCH3 is 1. The van der Waals surface area contributed by atoms with E-state index in [0.717, 1.165) is 6.42 Å². The van der Waals surface area contributed by atoms with Crippen LogP contribution in [0, 0.1) is 23.7 Å². The Morgan fingerprint density at radius 2 is 2.06 bits per heavy atom. The molecule has 3 aliphatic rings. The molecule has 0 aromatic rings. The molecule has 5 atom stereocenters. The highest BCUT2D eigenvalue weighted by molar-refractivity contribution is 5.74. The van der Waals surface area contributed by atoms with Gasteiger partial charge in [0, 0.05) is 5.92 Å². The number of esters is 1. The SMILES string of the molecule is COC(=O)[C@@H]1[C@H]([C@H]2COC(C)(C)O2)[C@@H]2C=C[C@H]1C2. The number of carbonyl (C=O) groups excluding carboxylic acids is 1. The molecule has 0 amide bonds. The second kappa shape index (κ2) is 4.07. The van der Waals surface area contributed by atoms with E-state index in [1.807, 2.05) is 13.8 Å². The summed E-state index contributed by atoms with van der Waals surface area (Å²) in [6.07, 6.45) is 5.43. The van der Waals surface area contributed by atoms with E-state index in [2.05, 4.69) is 12.2 Å². The van der Waals surface area contributed by atoms with E-state index in [0.29, 0.717) is 18.4 Å². The van der Waals surface area contributed by atoms with Crippen LogP contribution in [0.4, 0.5) is 0 Å². The minimum Gasteiger partial charge on any atom is -0.469 e. The molecular formula is C14H20O4. The Morgan fingerprint density at radius 3 is 2.67 bits per heavy atom. The highest BCUT2D eigenvalue weighted by Gasteiger charge is 2.54. The van der Waals surface area contributed by atoms with Gasteiger partial charge in [0.05, 0.1) is 25.7 Å². The number of hydrogen-bond donors (Lipinski definition) is 0. The molecule has 100 valence electrons. The van der Waals surface area contributed by atoms with Crippen LogP contribution in [0.5, 0.6) is 0 Å². The standard InChI is InChI=1S/C14H20O4/c1-14(2)17-7-10(18-14)11-8-4-5-9(6-8)12(11)13(15)16-3/h4-5,8-12H,6-7H2,1-3H3/t8-,9+,10-,11+,12+/m1/s1. The van der Waals surface area contributed by atoms with Crippen LogP contribution in [0.25, 0.3) is 0 Å². The molecule has 1 saturated carbocycles. The molecular weight excluding hydrogens is 232 g/mol. The molecule has 18 heavy (non-hydrogen) atoms. The van der Waals surface area contributed by atoms with Crippen molar-refractivity contribution in [3.8, 4) is 0 Å². The summed E-state index contributed by atoms with van der Waals surface area (Å²) in [7, 11) is 1.46. The second-order valence-electron chi connectivity index (χ2n) is 5.94. The van der Waals surface area contributed by atoms with Gasteiger partial charge in [-0.05, 0) is 32.1 Å². The smallest absolute Gasteiger partial charge is 0.309 e. The minimum absolute atomic E-state index is 0.00375. The minimum atomic E-state index is -0.531. The van der Waals surface area contributed by atoms with Crippen molar-refractivity contribution < 1.29 is 19.0 Å². The summed E-state index contributed by atoms with van der Waals surface area (Å²) in [5.74, 6) is 0.255. The van der Waals surface area contributed by atoms with E-state index in [1.54, 1.807) is 0 Å². The molecule has 1 heterocycles. The molecule has 0 aromatic carbocycles. The quantitative estimate of drug-likeness (QED) is 0.555. The third-order valence-corrected chi connectivity index (χ3v) is 4.45. The van der Waals surface area contributed by atoms with E-state index >= 15 is 0 Å². The van der Waals surface area contributed by atoms with Crippen LogP contribution in [-0.4, -0.2) is 31.6 Å². The number of fused-ring (bicyclic) bond motifs is 2. The molecule has 0 radical (unpaired) electrons. The maximum Gasteiger partial charge on any atom is 0.309 e. The van der Waals surface area contributed by atoms with Crippen molar-refractivity contribution in [2.45, 2.75) is 32.2 Å². The van der Waals surface area contributed by atoms with Gasteiger partial charge < -0.3 is 14.2 Å². The van der Waals surface area contributed by atoms with Gasteiger partial charge in [-0.2, -0.15) is 0 Å². The maximum absolute atomic E-state index is 12.0. The lowest BCUT2D eigenvalue weighted by molar-refractivity contribution is -0.159. The highest BCUT2D eigenvalue weighted by atomic mass is 16.7. The van der Waals surface area contributed by atoms with E-state index in [4.69, 9.17) is 14.2 Å². The molecule has 0 unspecified atom stereocenters. The summed E-state index contributed by atoms with van der Waals surface area (Å²) in [6, 6.07) is 0. The van der Waals surface area contributed by atoms with Crippen LogP contribution in [0.3, 0.4) is 0 Å². The lowest BCUT2D eigenvalue weighted by Crippen LogP contribution is -2.38. The molecule has 3 rings (SSSR count). The van der Waals surface area contributed by atoms with Gasteiger partial charge in [0.1, 0.15) is 0 Å². The number of hydrogen-bond acceptors (Lipinski definition) is 4. The largest absolute Gasteiger partial charge is 0.469 e. The van der Waals surface area contributed by atoms with Crippen molar-refractivity contribution in [2.24, 2.45) is 23.7 Å². The van der Waals surface area contributed by atoms with Crippen molar-refractivity contribution in [1.29, 1.82) is 0 Å². The van der Waals surface area contributed by atoms with E-state index < -0.39 is 5.79 Å². The Labute approximate surface area is 107 Å². The second-order valence-corrected chi connectivity index (χ2v) is 5.94. The Kier molecular flexibility index (Phi) is 2.75. The van der Waals surface area contributed by atoms with Crippen LogP contribution in [0.1, 0.15) is 20.3 Å². The Morgan fingerprint density at radius 1 is 1.33 bits per heavy atom. The summed E-state index contributed by atoms with van der Waals surface area (Å²) in [4.78, 5) is 12.0. The van der Waals surface area contributed by atoms with Gasteiger partial charge in [-0.1, -0.05) is 12.2 Å². The number of ether oxygens (including phenoxy) is 3. The third-order valence-electron chi connectivity index (χ3n) is 4.45. The average molecular weight is 252 g/mol. The predicted molar refractivity (Wildman–Crippen MR) is 64.6 cm³/mol. The summed E-state index contributed by atoms with van der Waals surface area (Å²) >= 11 is 0. The topological polar surface area (TPSA) is 44.8 Å². The van der Waals surface area contributed by atoms with Gasteiger partial charge in [-0.25, -0.2) is 0 Å². The van der Waals surface area contributed by atoms with E-state index in [1.165, 1.54) is 7.11 Å². The van der Waals surface area contributed by atoms with Crippen molar-refractivity contribution in [3.05, 3.63) is 12.2 Å². The zero-order valence-electron chi connectivity index (χ0n) is 11.1. The third kappa shape index (κ3) is 1.79. The monoisotopic (exact) mass is 252 g/mol. The molecule has 0 spiro atoms. The predicted octanol–water partition coefficient (Wildman–Crippen LogP) is 1.75. The van der Waals surface area contributed by atoms with Crippen LogP contribution >= 0.6 is 0 Å². The molecule has 4 heteroatoms. The zero-order valence-corrected chi connectivity index (χ0v) is 11.1. The van der Waals surface area contributed by atoms with Crippen LogP contribution in [-0.2, 0) is 19.0 Å². The first-order chi connectivity index (χ1) is 8.52. The molecule has 0 aromatic heterocycles. The van der Waals surface area contributed by atoms with E-state index in [9.17, 15) is 4.79 Å². The Balaban J connectivity index is 1.82. The lowest BCUT2D eigenvalue weighted by atomic mass is 9.79. The molecule has 2 bridgehead atoms. The van der Waals surface area contributed by atoms with Crippen molar-refractivity contribution >= 4 is 5.97 Å². The maximum atomic E-state index is 12.0. The Bertz CT molecular complexity index is 387. The molecule has 2 fully saturated rings. The van der Waals surface area contributed by atoms with Crippen molar-refractivity contribution in [1.82, 2.24) is 0 Å². The number of rotatable bonds is 2. The van der Waals surface area contributed by atoms with E-state index in [-0.39, 0.29) is 23.9 Å². The van der Waals surface area contributed by atoms with Crippen LogP contribution in [0.15, 0.2) is 12.2 Å². The first-order valence-electron chi connectivity index (χ1n) is 6.60. The van der Waals surface area contributed by atoms with Crippen molar-refractivity contribution in [2.75, 3.05) is 13.7 Å². The summed E-state index contributed by atoms with van der Waals surface area (Å²) in [5, 5.41) is 0. The summed E-state index contributed by atoms with van der Waals surface area (Å²) in [5.41, 5.74) is 0. The van der Waals surface area contributed by atoms with Gasteiger partial charge in [0.15, 0.2) is 5.79 Å². The fraction of sp³-hybridized carbons (Fsp3) is 0.786. The normalized spacial score (nSPS) is 44.5. The zero-order chi connectivity index (χ0) is 12.9. The molecule has 4 nitrogen and oxygen atoms in total. The molecule has 0 N–H and O–H groups in total. The first-order valence-corrected chi connectivity index (χ1v) is 6.60. The molecule has 1 saturated heterocycles. The summed E-state index contributed by atoms with van der Waals surface area (Å²) < 4.78 is 16.5. The van der Waals surface area contributed by atoms with Crippen molar-refractivity contribution in [3.63, 3.8) is 0 Å².